The van der Waals surface area contributed by atoms with E-state index in [1.54, 1.807) is 0 Å². The van der Waals surface area contributed by atoms with Gasteiger partial charge in [0, 0.05) is 30.8 Å². The molecule has 5 rings (SSSR count). The van der Waals surface area contributed by atoms with Crippen LogP contribution in [0.15, 0.2) is 0 Å². The molecular weight excluding hydrogens is 408 g/mol. The van der Waals surface area contributed by atoms with E-state index in [1.807, 2.05) is 0 Å². The van der Waals surface area contributed by atoms with Crippen molar-refractivity contribution in [2.75, 3.05) is 6.61 Å². The fourth-order valence-corrected chi connectivity index (χ4v) is 10.9. The van der Waals surface area contributed by atoms with Crippen molar-refractivity contribution in [2.24, 2.45) is 56.2 Å². The molecule has 3 nitrogen and oxygen atoms in total. The molecule has 1 unspecified atom stereocenters. The summed E-state index contributed by atoms with van der Waals surface area (Å²) in [7, 11) is 0. The average molecular weight is 457 g/mol. The first-order valence-electron chi connectivity index (χ1n) is 13.8. The van der Waals surface area contributed by atoms with Crippen molar-refractivity contribution in [3.05, 3.63) is 0 Å². The van der Waals surface area contributed by atoms with Crippen LogP contribution in [0.1, 0.15) is 113 Å². The van der Waals surface area contributed by atoms with E-state index < -0.39 is 0 Å². The summed E-state index contributed by atoms with van der Waals surface area (Å²) in [6, 6.07) is 0. The van der Waals surface area contributed by atoms with Gasteiger partial charge >= 0.3 is 0 Å². The first kappa shape index (κ1) is 24.0. The Morgan fingerprint density at radius 1 is 0.818 bits per heavy atom. The first-order chi connectivity index (χ1) is 15.2. The van der Waals surface area contributed by atoms with E-state index in [4.69, 9.17) is 0 Å². The zero-order valence-electron chi connectivity index (χ0n) is 22.4. The summed E-state index contributed by atoms with van der Waals surface area (Å²) < 4.78 is 0. The molecule has 0 aromatic rings. The topological polar surface area (TPSA) is 54.4 Å². The maximum Gasteiger partial charge on any atom is 0.138 e. The fourth-order valence-electron chi connectivity index (χ4n) is 10.9. The van der Waals surface area contributed by atoms with Gasteiger partial charge in [-0.15, -0.1) is 0 Å². The lowest BCUT2D eigenvalue weighted by atomic mass is 9.31. The van der Waals surface area contributed by atoms with Gasteiger partial charge in [-0.3, -0.25) is 9.59 Å². The number of carbonyl (C=O) groups excluding carboxylic acids is 2. The molecule has 5 aliphatic carbocycles. The van der Waals surface area contributed by atoms with Gasteiger partial charge in [-0.05, 0) is 96.2 Å². The van der Waals surface area contributed by atoms with Gasteiger partial charge in [-0.25, -0.2) is 0 Å². The van der Waals surface area contributed by atoms with Crippen molar-refractivity contribution in [1.82, 2.24) is 0 Å². The molecule has 33 heavy (non-hydrogen) atoms. The Kier molecular flexibility index (Phi) is 5.06. The number of fused-ring (bicyclic) bond motifs is 7. The zero-order valence-corrected chi connectivity index (χ0v) is 22.4. The quantitative estimate of drug-likeness (QED) is 0.483. The Morgan fingerprint density at radius 2 is 1.48 bits per heavy atom. The van der Waals surface area contributed by atoms with Crippen molar-refractivity contribution >= 4 is 11.6 Å². The summed E-state index contributed by atoms with van der Waals surface area (Å²) in [5.74, 6) is 2.04. The van der Waals surface area contributed by atoms with Crippen molar-refractivity contribution in [2.45, 2.75) is 113 Å². The van der Waals surface area contributed by atoms with Crippen LogP contribution in [0.3, 0.4) is 0 Å². The molecular formula is C30H48O3. The molecule has 0 spiro atoms. The number of aliphatic hydroxyl groups excluding tert-OH is 1. The molecule has 0 radical (unpaired) electrons. The highest BCUT2D eigenvalue weighted by Crippen LogP contribution is 2.76. The maximum absolute atomic E-state index is 14.2. The molecule has 0 bridgehead atoms. The van der Waals surface area contributed by atoms with Gasteiger partial charge in [0.25, 0.3) is 0 Å². The smallest absolute Gasteiger partial charge is 0.138 e. The number of ketones is 2. The minimum Gasteiger partial charge on any atom is -0.396 e. The monoisotopic (exact) mass is 456 g/mol. The Balaban J connectivity index is 1.58. The maximum atomic E-state index is 14.2. The van der Waals surface area contributed by atoms with E-state index in [0.29, 0.717) is 42.2 Å². The van der Waals surface area contributed by atoms with Crippen LogP contribution in [0.2, 0.25) is 0 Å². The van der Waals surface area contributed by atoms with E-state index >= 15 is 0 Å². The number of carbonyl (C=O) groups is 2. The molecule has 3 heteroatoms. The molecule has 0 aliphatic heterocycles. The summed E-state index contributed by atoms with van der Waals surface area (Å²) in [6.07, 6.45) is 9.98. The largest absolute Gasteiger partial charge is 0.396 e. The first-order valence-corrected chi connectivity index (χ1v) is 13.8. The number of hydrogen-bond donors (Lipinski definition) is 1. The van der Waals surface area contributed by atoms with Crippen LogP contribution in [0.5, 0.6) is 0 Å². The fraction of sp³-hybridized carbons (Fsp3) is 0.933. The van der Waals surface area contributed by atoms with Crippen LogP contribution in [0.25, 0.3) is 0 Å². The van der Waals surface area contributed by atoms with Gasteiger partial charge in [0.05, 0.1) is 0 Å². The van der Waals surface area contributed by atoms with Gasteiger partial charge in [0.15, 0.2) is 0 Å². The molecule has 186 valence electrons. The normalized spacial score (nSPS) is 52.8. The molecule has 5 aliphatic rings. The third-order valence-corrected chi connectivity index (χ3v) is 13.3. The lowest BCUT2D eigenvalue weighted by molar-refractivity contribution is -0.237. The van der Waals surface area contributed by atoms with Gasteiger partial charge in [0.2, 0.25) is 0 Å². The SMILES string of the molecule is CC1(C)CC[C@]2(CO)CC[C@]3(C)[C@H](C(=O)C[C@@H]4[C@@]5(C)CCC(=O)C(C)(C)C5CC[C@]43C)[C@@H]2C1. The Labute approximate surface area is 201 Å². The summed E-state index contributed by atoms with van der Waals surface area (Å²) in [5.41, 5.74) is 0.0856. The number of hydrogen-bond acceptors (Lipinski definition) is 3. The van der Waals surface area contributed by atoms with Crippen LogP contribution in [-0.2, 0) is 9.59 Å². The van der Waals surface area contributed by atoms with E-state index in [0.717, 1.165) is 51.4 Å². The van der Waals surface area contributed by atoms with Crippen LogP contribution in [-0.4, -0.2) is 23.3 Å². The highest BCUT2D eigenvalue weighted by atomic mass is 16.3. The van der Waals surface area contributed by atoms with Crippen molar-refractivity contribution in [1.29, 1.82) is 0 Å². The van der Waals surface area contributed by atoms with Crippen molar-refractivity contribution < 1.29 is 14.7 Å². The highest BCUT2D eigenvalue weighted by Gasteiger charge is 2.72. The zero-order chi connectivity index (χ0) is 24.2. The number of rotatable bonds is 1. The molecule has 0 aromatic carbocycles. The lowest BCUT2D eigenvalue weighted by Gasteiger charge is -2.72. The van der Waals surface area contributed by atoms with Crippen LogP contribution >= 0.6 is 0 Å². The minimum atomic E-state index is -0.277. The van der Waals surface area contributed by atoms with E-state index in [-0.39, 0.29) is 45.0 Å². The molecule has 5 saturated carbocycles. The summed E-state index contributed by atoms with van der Waals surface area (Å²) >= 11 is 0. The number of aliphatic hydroxyl groups is 1. The molecule has 5 fully saturated rings. The van der Waals surface area contributed by atoms with Gasteiger partial charge < -0.3 is 5.11 Å². The molecule has 0 amide bonds. The second-order valence-corrected chi connectivity index (χ2v) is 15.3. The summed E-state index contributed by atoms with van der Waals surface area (Å²) in [5, 5.41) is 10.6. The Morgan fingerprint density at radius 3 is 2.15 bits per heavy atom. The Hall–Kier alpha value is -0.700. The Bertz CT molecular complexity index is 872. The van der Waals surface area contributed by atoms with Gasteiger partial charge in [-0.2, -0.15) is 0 Å². The lowest BCUT2D eigenvalue weighted by Crippen LogP contribution is -2.69. The van der Waals surface area contributed by atoms with E-state index in [1.165, 1.54) is 0 Å². The predicted molar refractivity (Wildman–Crippen MR) is 132 cm³/mol. The molecule has 0 aromatic heterocycles. The average Bonchev–Trinajstić information content (AvgIpc) is 2.72. The van der Waals surface area contributed by atoms with Crippen LogP contribution < -0.4 is 0 Å². The number of Topliss-reactive ketones (excluding diaryl/α,β-unsaturated/α-hetero) is 2. The van der Waals surface area contributed by atoms with Crippen LogP contribution in [0.4, 0.5) is 0 Å². The molecule has 8 atom stereocenters. The van der Waals surface area contributed by atoms with E-state index in [2.05, 4.69) is 48.5 Å². The van der Waals surface area contributed by atoms with E-state index in [9.17, 15) is 14.7 Å². The standard InChI is InChI=1S/C30H48O3/c1-25(2)12-14-30(18-31)15-13-29(7)24(19(30)17-25)20(32)16-22-27(5)10-9-23(33)26(3,4)21(27)8-11-28(22,29)6/h19,21-22,24,31H,8-18H2,1-7H3/t19-,21?,22+,24-,27-,28+,29+,30+/m0/s1. The molecule has 1 N–H and O–H groups in total. The molecule has 0 saturated heterocycles. The molecule has 0 heterocycles. The van der Waals surface area contributed by atoms with Gasteiger partial charge in [0.1, 0.15) is 11.6 Å². The van der Waals surface area contributed by atoms with Crippen molar-refractivity contribution in [3.63, 3.8) is 0 Å². The second kappa shape index (κ2) is 6.95. The summed E-state index contributed by atoms with van der Waals surface area (Å²) in [6.45, 7) is 16.8. The third kappa shape index (κ3) is 2.90. The van der Waals surface area contributed by atoms with Crippen molar-refractivity contribution in [3.8, 4) is 0 Å². The third-order valence-electron chi connectivity index (χ3n) is 13.3. The summed E-state index contributed by atoms with van der Waals surface area (Å²) in [4.78, 5) is 27.2. The van der Waals surface area contributed by atoms with Crippen LogP contribution in [0, 0.1) is 56.2 Å². The highest BCUT2D eigenvalue weighted by molar-refractivity contribution is 5.86. The minimum absolute atomic E-state index is 0.0106. The second-order valence-electron chi connectivity index (χ2n) is 15.3. The predicted octanol–water partition coefficient (Wildman–Crippen LogP) is 6.61. The van der Waals surface area contributed by atoms with Gasteiger partial charge in [-0.1, -0.05) is 48.5 Å².